The van der Waals surface area contributed by atoms with Crippen LogP contribution in [0.15, 0.2) is 54.9 Å². The average Bonchev–Trinajstić information content (AvgIpc) is 2.76. The first kappa shape index (κ1) is 23.7. The van der Waals surface area contributed by atoms with Gasteiger partial charge in [0.2, 0.25) is 11.7 Å². The van der Waals surface area contributed by atoms with Gasteiger partial charge in [0, 0.05) is 18.5 Å². The molecule has 13 heteroatoms. The van der Waals surface area contributed by atoms with Crippen molar-refractivity contribution in [2.75, 3.05) is 5.32 Å². The van der Waals surface area contributed by atoms with Gasteiger partial charge in [-0.1, -0.05) is 11.6 Å². The first-order valence-corrected chi connectivity index (χ1v) is 9.50. The van der Waals surface area contributed by atoms with Gasteiger partial charge in [-0.25, -0.2) is 9.97 Å². The standard InChI is InChI=1S/C20H14ClF3N4O5/c1-11(18(29)27-17-16(28(30)31)3-2-8-25-17)32-13-4-6-14(7-5-13)33-19-15(21)9-12(10-26-19)20(22,23)24/h2-11H,1H3,(H,25,27,29). The minimum atomic E-state index is -4.58. The molecule has 0 aliphatic carbocycles. The molecule has 1 aromatic carbocycles. The number of nitro groups is 1. The maximum Gasteiger partial charge on any atom is 0.417 e. The molecule has 1 unspecified atom stereocenters. The number of amides is 1. The molecule has 0 fully saturated rings. The topological polar surface area (TPSA) is 116 Å². The van der Waals surface area contributed by atoms with Crippen LogP contribution in [0.3, 0.4) is 0 Å². The number of carbonyl (C=O) groups excluding carboxylic acids is 1. The molecular formula is C20H14ClF3N4O5. The number of hydrogen-bond acceptors (Lipinski definition) is 7. The number of anilines is 1. The Kier molecular flexibility index (Phi) is 6.97. The number of ether oxygens (including phenoxy) is 2. The van der Waals surface area contributed by atoms with Gasteiger partial charge in [0.25, 0.3) is 5.91 Å². The summed E-state index contributed by atoms with van der Waals surface area (Å²) in [5, 5.41) is 13.0. The molecule has 3 rings (SSSR count). The molecule has 1 N–H and O–H groups in total. The first-order valence-electron chi connectivity index (χ1n) is 9.12. The highest BCUT2D eigenvalue weighted by Crippen LogP contribution is 2.35. The molecule has 33 heavy (non-hydrogen) atoms. The van der Waals surface area contributed by atoms with E-state index in [4.69, 9.17) is 21.1 Å². The zero-order valence-corrected chi connectivity index (χ0v) is 17.4. The molecule has 1 atom stereocenters. The van der Waals surface area contributed by atoms with Crippen molar-refractivity contribution in [3.05, 3.63) is 75.6 Å². The number of halogens is 4. The Morgan fingerprint density at radius 3 is 2.45 bits per heavy atom. The Balaban J connectivity index is 1.62. The van der Waals surface area contributed by atoms with Crippen LogP contribution < -0.4 is 14.8 Å². The molecule has 0 spiro atoms. The predicted molar refractivity (Wildman–Crippen MR) is 110 cm³/mol. The van der Waals surface area contributed by atoms with Crippen LogP contribution in [0.5, 0.6) is 17.4 Å². The van der Waals surface area contributed by atoms with Crippen molar-refractivity contribution in [1.29, 1.82) is 0 Å². The van der Waals surface area contributed by atoms with Crippen LogP contribution in [-0.2, 0) is 11.0 Å². The summed E-state index contributed by atoms with van der Waals surface area (Å²) < 4.78 is 49.0. The molecule has 0 aliphatic heterocycles. The Hall–Kier alpha value is -3.93. The van der Waals surface area contributed by atoms with E-state index in [0.717, 1.165) is 0 Å². The van der Waals surface area contributed by atoms with Gasteiger partial charge in [-0.2, -0.15) is 13.2 Å². The maximum absolute atomic E-state index is 12.7. The van der Waals surface area contributed by atoms with Crippen LogP contribution in [0, 0.1) is 10.1 Å². The Morgan fingerprint density at radius 2 is 1.85 bits per heavy atom. The lowest BCUT2D eigenvalue weighted by Gasteiger charge is -2.15. The van der Waals surface area contributed by atoms with Crippen molar-refractivity contribution in [2.24, 2.45) is 0 Å². The van der Waals surface area contributed by atoms with Gasteiger partial charge < -0.3 is 14.8 Å². The highest BCUT2D eigenvalue weighted by Gasteiger charge is 2.31. The zero-order chi connectivity index (χ0) is 24.2. The largest absolute Gasteiger partial charge is 0.481 e. The van der Waals surface area contributed by atoms with Gasteiger partial charge in [0.1, 0.15) is 16.5 Å². The number of aromatic nitrogens is 2. The number of nitrogens with one attached hydrogen (secondary N) is 1. The molecule has 2 aromatic heterocycles. The van der Waals surface area contributed by atoms with E-state index >= 15 is 0 Å². The maximum atomic E-state index is 12.7. The van der Waals surface area contributed by atoms with E-state index < -0.39 is 28.7 Å². The summed E-state index contributed by atoms with van der Waals surface area (Å²) in [5.74, 6) is -0.641. The lowest BCUT2D eigenvalue weighted by atomic mass is 10.3. The number of pyridine rings is 2. The summed E-state index contributed by atoms with van der Waals surface area (Å²) in [6, 6.07) is 9.02. The van der Waals surface area contributed by atoms with Crippen LogP contribution in [-0.4, -0.2) is 26.9 Å². The Morgan fingerprint density at radius 1 is 1.18 bits per heavy atom. The number of rotatable bonds is 7. The summed E-state index contributed by atoms with van der Waals surface area (Å²) in [7, 11) is 0. The summed E-state index contributed by atoms with van der Waals surface area (Å²) >= 11 is 5.81. The SMILES string of the molecule is CC(Oc1ccc(Oc2ncc(C(F)(F)F)cc2Cl)cc1)C(=O)Nc1ncccc1[N+](=O)[O-]. The van der Waals surface area contributed by atoms with Gasteiger partial charge in [0.05, 0.1) is 10.5 Å². The van der Waals surface area contributed by atoms with E-state index in [9.17, 15) is 28.1 Å². The van der Waals surface area contributed by atoms with Crippen molar-refractivity contribution < 1.29 is 32.4 Å². The summed E-state index contributed by atoms with van der Waals surface area (Å²) in [4.78, 5) is 30.0. The Labute approximate surface area is 189 Å². The minimum Gasteiger partial charge on any atom is -0.481 e. The van der Waals surface area contributed by atoms with Crippen LogP contribution in [0.1, 0.15) is 12.5 Å². The molecule has 2 heterocycles. The third kappa shape index (κ3) is 6.07. The normalized spacial score (nSPS) is 12.0. The van der Waals surface area contributed by atoms with E-state index in [1.807, 2.05) is 0 Å². The smallest absolute Gasteiger partial charge is 0.417 e. The van der Waals surface area contributed by atoms with Crippen molar-refractivity contribution in [3.8, 4) is 17.4 Å². The zero-order valence-electron chi connectivity index (χ0n) is 16.7. The lowest BCUT2D eigenvalue weighted by molar-refractivity contribution is -0.384. The van der Waals surface area contributed by atoms with Crippen LogP contribution in [0.4, 0.5) is 24.7 Å². The van der Waals surface area contributed by atoms with Crippen molar-refractivity contribution in [3.63, 3.8) is 0 Å². The van der Waals surface area contributed by atoms with E-state index in [2.05, 4.69) is 15.3 Å². The second kappa shape index (κ2) is 9.69. The van der Waals surface area contributed by atoms with Crippen LogP contribution in [0.2, 0.25) is 5.02 Å². The number of benzene rings is 1. The van der Waals surface area contributed by atoms with Gasteiger partial charge in [-0.05, 0) is 43.3 Å². The van der Waals surface area contributed by atoms with Crippen LogP contribution in [0.25, 0.3) is 0 Å². The van der Waals surface area contributed by atoms with Crippen molar-refractivity contribution in [2.45, 2.75) is 19.2 Å². The van der Waals surface area contributed by atoms with Gasteiger partial charge >= 0.3 is 11.9 Å². The van der Waals surface area contributed by atoms with Gasteiger partial charge in [-0.3, -0.25) is 14.9 Å². The monoisotopic (exact) mass is 482 g/mol. The van der Waals surface area contributed by atoms with E-state index in [1.54, 1.807) is 0 Å². The fourth-order valence-electron chi connectivity index (χ4n) is 2.47. The molecule has 3 aromatic rings. The molecule has 0 aliphatic rings. The number of hydrogen-bond donors (Lipinski definition) is 1. The lowest BCUT2D eigenvalue weighted by Crippen LogP contribution is -2.30. The quantitative estimate of drug-likeness (QED) is 0.361. The van der Waals surface area contributed by atoms with Crippen molar-refractivity contribution in [1.82, 2.24) is 9.97 Å². The molecule has 0 saturated carbocycles. The van der Waals surface area contributed by atoms with Gasteiger partial charge in [0.15, 0.2) is 6.10 Å². The van der Waals surface area contributed by atoms with E-state index in [1.165, 1.54) is 49.5 Å². The highest BCUT2D eigenvalue weighted by atomic mass is 35.5. The Bertz CT molecular complexity index is 1180. The number of alkyl halides is 3. The average molecular weight is 483 g/mol. The highest BCUT2D eigenvalue weighted by molar-refractivity contribution is 6.31. The second-order valence-corrected chi connectivity index (χ2v) is 6.87. The fourth-order valence-corrected chi connectivity index (χ4v) is 2.67. The summed E-state index contributed by atoms with van der Waals surface area (Å²) in [5.41, 5.74) is -1.37. The van der Waals surface area contributed by atoms with E-state index in [-0.39, 0.29) is 33.9 Å². The molecule has 1 amide bonds. The molecule has 0 radical (unpaired) electrons. The van der Waals surface area contributed by atoms with Crippen LogP contribution >= 0.6 is 11.6 Å². The third-order valence-electron chi connectivity index (χ3n) is 4.08. The summed E-state index contributed by atoms with van der Waals surface area (Å²) in [6.45, 7) is 1.43. The predicted octanol–water partition coefficient (Wildman–Crippen LogP) is 5.26. The molecule has 9 nitrogen and oxygen atoms in total. The third-order valence-corrected chi connectivity index (χ3v) is 4.35. The minimum absolute atomic E-state index is 0.206. The first-order chi connectivity index (χ1) is 15.5. The second-order valence-electron chi connectivity index (χ2n) is 6.46. The fraction of sp³-hybridized carbons (Fsp3) is 0.150. The molecule has 0 saturated heterocycles. The van der Waals surface area contributed by atoms with Gasteiger partial charge in [-0.15, -0.1) is 0 Å². The molecular weight excluding hydrogens is 469 g/mol. The van der Waals surface area contributed by atoms with E-state index in [0.29, 0.717) is 12.3 Å². The molecule has 172 valence electrons. The molecule has 0 bridgehead atoms. The van der Waals surface area contributed by atoms with Crippen molar-refractivity contribution >= 4 is 29.0 Å². The number of carbonyl (C=O) groups is 1. The summed E-state index contributed by atoms with van der Waals surface area (Å²) in [6.07, 6.45) is -3.72. The number of nitrogens with zero attached hydrogens (tertiary/aromatic N) is 3.